The molecule has 8 nitrogen and oxygen atoms in total. The number of furan rings is 1. The van der Waals surface area contributed by atoms with Gasteiger partial charge < -0.3 is 18.1 Å². The van der Waals surface area contributed by atoms with Crippen LogP contribution in [0.3, 0.4) is 0 Å². The Balaban J connectivity index is 1.64. The van der Waals surface area contributed by atoms with Crippen molar-refractivity contribution in [1.29, 1.82) is 0 Å². The molecule has 0 saturated heterocycles. The standard InChI is InChI=1S/C27H33NO7S/c1-5-32-26(29)27(2,3)34-23-12-10-22(11-13-23)19-28(20-25-7-6-18-33-25)17-16-21-8-14-24(15-9-21)35-36(4,30)31/h6-15,18H,5,16-17,19-20H2,1-4H3. The van der Waals surface area contributed by atoms with Crippen molar-refractivity contribution < 1.29 is 31.3 Å². The van der Waals surface area contributed by atoms with Crippen molar-refractivity contribution in [2.24, 2.45) is 0 Å². The highest BCUT2D eigenvalue weighted by Gasteiger charge is 2.31. The zero-order valence-electron chi connectivity index (χ0n) is 21.1. The minimum Gasteiger partial charge on any atom is -0.476 e. The molecule has 1 heterocycles. The summed E-state index contributed by atoms with van der Waals surface area (Å²) in [5.74, 6) is 1.34. The van der Waals surface area contributed by atoms with Crippen molar-refractivity contribution in [3.63, 3.8) is 0 Å². The number of benzene rings is 2. The monoisotopic (exact) mass is 515 g/mol. The summed E-state index contributed by atoms with van der Waals surface area (Å²) in [5.41, 5.74) is 1.06. The molecule has 0 unspecified atom stereocenters. The summed E-state index contributed by atoms with van der Waals surface area (Å²) in [5, 5.41) is 0. The first-order valence-corrected chi connectivity index (χ1v) is 13.5. The van der Waals surface area contributed by atoms with E-state index in [1.165, 1.54) is 0 Å². The fraction of sp³-hybridized carbons (Fsp3) is 0.370. The fourth-order valence-electron chi connectivity index (χ4n) is 3.57. The lowest BCUT2D eigenvalue weighted by Gasteiger charge is -2.24. The van der Waals surface area contributed by atoms with Crippen molar-refractivity contribution in [1.82, 2.24) is 4.90 Å². The van der Waals surface area contributed by atoms with Crippen molar-refractivity contribution in [2.75, 3.05) is 19.4 Å². The van der Waals surface area contributed by atoms with Crippen LogP contribution in [0.4, 0.5) is 0 Å². The summed E-state index contributed by atoms with van der Waals surface area (Å²) in [6.07, 6.45) is 3.44. The second-order valence-corrected chi connectivity index (χ2v) is 10.5. The highest BCUT2D eigenvalue weighted by molar-refractivity contribution is 7.86. The first kappa shape index (κ1) is 27.3. The number of carbonyl (C=O) groups is 1. The Kier molecular flexibility index (Phi) is 9.17. The molecule has 3 rings (SSSR count). The molecule has 0 fully saturated rings. The van der Waals surface area contributed by atoms with E-state index < -0.39 is 21.7 Å². The lowest BCUT2D eigenvalue weighted by atomic mass is 10.1. The maximum absolute atomic E-state index is 12.1. The Morgan fingerprint density at radius 1 is 0.944 bits per heavy atom. The first-order valence-electron chi connectivity index (χ1n) is 11.7. The fourth-order valence-corrected chi connectivity index (χ4v) is 4.03. The number of hydrogen-bond acceptors (Lipinski definition) is 8. The van der Waals surface area contributed by atoms with E-state index in [2.05, 4.69) is 4.90 Å². The van der Waals surface area contributed by atoms with Gasteiger partial charge >= 0.3 is 16.1 Å². The number of ether oxygens (including phenoxy) is 2. The Morgan fingerprint density at radius 2 is 1.58 bits per heavy atom. The summed E-state index contributed by atoms with van der Waals surface area (Å²) < 4.78 is 44.0. The van der Waals surface area contributed by atoms with Crippen LogP contribution in [-0.4, -0.2) is 44.3 Å². The third kappa shape index (κ3) is 8.73. The molecule has 0 spiro atoms. The number of esters is 1. The third-order valence-electron chi connectivity index (χ3n) is 5.32. The highest BCUT2D eigenvalue weighted by Crippen LogP contribution is 2.22. The lowest BCUT2D eigenvalue weighted by Crippen LogP contribution is -2.39. The van der Waals surface area contributed by atoms with Gasteiger partial charge in [-0.25, -0.2) is 4.79 Å². The Hall–Kier alpha value is -3.30. The third-order valence-corrected chi connectivity index (χ3v) is 5.81. The molecule has 3 aromatic rings. The summed E-state index contributed by atoms with van der Waals surface area (Å²) in [7, 11) is -3.55. The maximum atomic E-state index is 12.1. The van der Waals surface area contributed by atoms with E-state index in [0.29, 0.717) is 31.2 Å². The van der Waals surface area contributed by atoms with Crippen LogP contribution < -0.4 is 8.92 Å². The molecule has 9 heteroatoms. The predicted octanol–water partition coefficient (Wildman–Crippen LogP) is 4.58. The van der Waals surface area contributed by atoms with Crippen molar-refractivity contribution in [3.05, 3.63) is 83.8 Å². The van der Waals surface area contributed by atoms with Gasteiger partial charge in [0.1, 0.15) is 17.3 Å². The van der Waals surface area contributed by atoms with Gasteiger partial charge in [-0.15, -0.1) is 0 Å². The molecule has 36 heavy (non-hydrogen) atoms. The summed E-state index contributed by atoms with van der Waals surface area (Å²) in [6.45, 7) is 7.50. The van der Waals surface area contributed by atoms with E-state index in [4.69, 9.17) is 18.1 Å². The second-order valence-electron chi connectivity index (χ2n) is 8.95. The number of nitrogens with zero attached hydrogens (tertiary/aromatic N) is 1. The van der Waals surface area contributed by atoms with Crippen LogP contribution >= 0.6 is 0 Å². The molecule has 0 aliphatic heterocycles. The SMILES string of the molecule is CCOC(=O)C(C)(C)Oc1ccc(CN(CCc2ccc(OS(C)(=O)=O)cc2)Cc2ccco2)cc1. The average Bonchev–Trinajstić information content (AvgIpc) is 3.32. The molecular weight excluding hydrogens is 482 g/mol. The number of hydrogen-bond donors (Lipinski definition) is 0. The van der Waals surface area contributed by atoms with Gasteiger partial charge in [-0.1, -0.05) is 24.3 Å². The number of carbonyl (C=O) groups excluding carboxylic acids is 1. The van der Waals surface area contributed by atoms with E-state index in [0.717, 1.165) is 36.1 Å². The summed E-state index contributed by atoms with van der Waals surface area (Å²) >= 11 is 0. The Labute approximate surface area is 212 Å². The highest BCUT2D eigenvalue weighted by atomic mass is 32.2. The Morgan fingerprint density at radius 3 is 2.17 bits per heavy atom. The molecule has 1 aromatic heterocycles. The molecule has 0 atom stereocenters. The average molecular weight is 516 g/mol. The number of rotatable bonds is 13. The van der Waals surface area contributed by atoms with Crippen molar-refractivity contribution >= 4 is 16.1 Å². The van der Waals surface area contributed by atoms with Crippen LogP contribution in [0.1, 0.15) is 37.7 Å². The summed E-state index contributed by atoms with van der Waals surface area (Å²) in [6, 6.07) is 18.5. The van der Waals surface area contributed by atoms with Crippen LogP contribution in [0, 0.1) is 0 Å². The molecule has 0 N–H and O–H groups in total. The van der Waals surface area contributed by atoms with E-state index >= 15 is 0 Å². The van der Waals surface area contributed by atoms with Crippen LogP contribution in [0.25, 0.3) is 0 Å². The van der Waals surface area contributed by atoms with Crippen molar-refractivity contribution in [3.8, 4) is 11.5 Å². The van der Waals surface area contributed by atoms with Gasteiger partial charge in [0, 0.05) is 13.1 Å². The van der Waals surface area contributed by atoms with Gasteiger partial charge in [-0.2, -0.15) is 8.42 Å². The van der Waals surface area contributed by atoms with E-state index in [1.54, 1.807) is 39.2 Å². The molecule has 2 aromatic carbocycles. The molecule has 0 saturated carbocycles. The minimum absolute atomic E-state index is 0.294. The second kappa shape index (κ2) is 12.1. The van der Waals surface area contributed by atoms with Crippen LogP contribution in [-0.2, 0) is 39.2 Å². The molecular formula is C27H33NO7S. The van der Waals surface area contributed by atoms with E-state index in [-0.39, 0.29) is 0 Å². The van der Waals surface area contributed by atoms with Crippen LogP contribution in [0.15, 0.2) is 71.3 Å². The first-order chi connectivity index (χ1) is 17.0. The molecule has 0 bridgehead atoms. The maximum Gasteiger partial charge on any atom is 0.349 e. The zero-order chi connectivity index (χ0) is 26.2. The molecule has 0 amide bonds. The van der Waals surface area contributed by atoms with Gasteiger partial charge in [-0.05, 0) is 74.7 Å². The lowest BCUT2D eigenvalue weighted by molar-refractivity contribution is -0.158. The van der Waals surface area contributed by atoms with Gasteiger partial charge in [-0.3, -0.25) is 4.90 Å². The van der Waals surface area contributed by atoms with E-state index in [9.17, 15) is 13.2 Å². The van der Waals surface area contributed by atoms with Gasteiger partial charge in [0.2, 0.25) is 0 Å². The van der Waals surface area contributed by atoms with Crippen LogP contribution in [0.2, 0.25) is 0 Å². The zero-order valence-corrected chi connectivity index (χ0v) is 21.9. The van der Waals surface area contributed by atoms with Crippen molar-refractivity contribution in [2.45, 2.75) is 45.9 Å². The molecule has 0 aliphatic carbocycles. The minimum atomic E-state index is -3.55. The van der Waals surface area contributed by atoms with Gasteiger partial charge in [0.15, 0.2) is 5.60 Å². The largest absolute Gasteiger partial charge is 0.476 e. The van der Waals surface area contributed by atoms with E-state index in [1.807, 2.05) is 48.5 Å². The quantitative estimate of drug-likeness (QED) is 0.241. The van der Waals surface area contributed by atoms with Crippen LogP contribution in [0.5, 0.6) is 11.5 Å². The molecule has 0 aliphatic rings. The molecule has 194 valence electrons. The topological polar surface area (TPSA) is 95.3 Å². The van der Waals surface area contributed by atoms with Gasteiger partial charge in [0.25, 0.3) is 0 Å². The van der Waals surface area contributed by atoms with Gasteiger partial charge in [0.05, 0.1) is 25.7 Å². The smallest absolute Gasteiger partial charge is 0.349 e. The summed E-state index contributed by atoms with van der Waals surface area (Å²) in [4.78, 5) is 14.4. The molecule has 0 radical (unpaired) electrons. The normalized spacial score (nSPS) is 11.9. The predicted molar refractivity (Wildman–Crippen MR) is 136 cm³/mol. The Bertz CT molecular complexity index is 1200.